The molecule has 31 heavy (non-hydrogen) atoms. The normalized spacial score (nSPS) is 11.5. The topological polar surface area (TPSA) is 57.8 Å². The summed E-state index contributed by atoms with van der Waals surface area (Å²) in [4.78, 5) is 13.6. The molecule has 0 fully saturated rings. The summed E-state index contributed by atoms with van der Waals surface area (Å²) in [6.45, 7) is 4.46. The third-order valence-corrected chi connectivity index (χ3v) is 6.80. The largest absolute Gasteiger partial charge is 0.347 e. The van der Waals surface area contributed by atoms with E-state index in [1.807, 2.05) is 55.6 Å². The molecule has 4 rings (SSSR count). The maximum Gasteiger partial charge on any atom is 0.262 e. The summed E-state index contributed by atoms with van der Waals surface area (Å²) in [5.74, 6) is -0.366. The number of rotatable bonds is 5. The molecule has 154 valence electrons. The van der Waals surface area contributed by atoms with Crippen LogP contribution in [-0.2, 0) is 11.3 Å². The molecule has 0 saturated heterocycles. The Hall–Kier alpha value is -3.14. The van der Waals surface area contributed by atoms with Gasteiger partial charge in [-0.1, -0.05) is 46.3 Å². The zero-order chi connectivity index (χ0) is 22.0. The minimum absolute atomic E-state index is 0.0949. The fourth-order valence-electron chi connectivity index (χ4n) is 3.73. The van der Waals surface area contributed by atoms with E-state index in [0.29, 0.717) is 6.54 Å². The summed E-state index contributed by atoms with van der Waals surface area (Å²) in [6, 6.07) is 20.3. The molecule has 4 nitrogen and oxygen atoms in total. The molecule has 0 unspecified atom stereocenters. The van der Waals surface area contributed by atoms with Crippen molar-refractivity contribution in [1.82, 2.24) is 9.88 Å². The number of hydrogen-bond acceptors (Lipinski definition) is 3. The van der Waals surface area contributed by atoms with E-state index >= 15 is 0 Å². The summed E-state index contributed by atoms with van der Waals surface area (Å²) < 4.78 is 3.21. The standard InChI is InChI=1S/C25H20BrN3OS/c1-16-12-18(13-19(14-27)25(30)28-15-20-6-5-11-31-20)17(2)29(16)24-10-9-23(26)21-7-3-4-8-22(21)24/h3-13H,15H2,1-2H3,(H,28,30)/b19-13+. The highest BCUT2D eigenvalue weighted by Gasteiger charge is 2.15. The second kappa shape index (κ2) is 8.93. The minimum atomic E-state index is -0.366. The first-order chi connectivity index (χ1) is 15.0. The van der Waals surface area contributed by atoms with Crippen molar-refractivity contribution >= 4 is 50.0 Å². The van der Waals surface area contributed by atoms with Crippen LogP contribution in [0.25, 0.3) is 22.5 Å². The van der Waals surface area contributed by atoms with Crippen LogP contribution < -0.4 is 5.32 Å². The van der Waals surface area contributed by atoms with Gasteiger partial charge in [0.15, 0.2) is 0 Å². The van der Waals surface area contributed by atoms with Crippen molar-refractivity contribution in [3.05, 3.63) is 91.9 Å². The van der Waals surface area contributed by atoms with Crippen molar-refractivity contribution in [1.29, 1.82) is 5.26 Å². The Morgan fingerprint density at radius 2 is 1.94 bits per heavy atom. The average Bonchev–Trinajstić information content (AvgIpc) is 3.39. The van der Waals surface area contributed by atoms with Crippen molar-refractivity contribution in [2.75, 3.05) is 0 Å². The first kappa shape index (κ1) is 21.1. The van der Waals surface area contributed by atoms with E-state index in [-0.39, 0.29) is 11.5 Å². The average molecular weight is 490 g/mol. The maximum absolute atomic E-state index is 12.5. The van der Waals surface area contributed by atoms with Gasteiger partial charge < -0.3 is 9.88 Å². The van der Waals surface area contributed by atoms with Crippen LogP contribution in [0.15, 0.2) is 70.0 Å². The molecule has 1 amide bonds. The molecule has 2 heterocycles. The number of thiophene rings is 1. The second-order valence-electron chi connectivity index (χ2n) is 7.21. The highest BCUT2D eigenvalue weighted by atomic mass is 79.9. The van der Waals surface area contributed by atoms with Gasteiger partial charge in [0.05, 0.1) is 12.2 Å². The zero-order valence-electron chi connectivity index (χ0n) is 17.1. The molecule has 0 bridgehead atoms. The molecule has 0 radical (unpaired) electrons. The predicted octanol–water partition coefficient (Wildman–Crippen LogP) is 6.29. The number of fused-ring (bicyclic) bond motifs is 1. The Morgan fingerprint density at radius 3 is 2.65 bits per heavy atom. The van der Waals surface area contributed by atoms with Crippen molar-refractivity contribution in [2.24, 2.45) is 0 Å². The molecular formula is C25H20BrN3OS. The Morgan fingerprint density at radius 1 is 1.16 bits per heavy atom. The van der Waals surface area contributed by atoms with Crippen LogP contribution in [0.1, 0.15) is 21.8 Å². The van der Waals surface area contributed by atoms with Crippen molar-refractivity contribution < 1.29 is 4.79 Å². The van der Waals surface area contributed by atoms with Gasteiger partial charge in [-0.3, -0.25) is 4.79 Å². The Balaban J connectivity index is 1.71. The Bertz CT molecular complexity index is 1340. The number of nitrogens with one attached hydrogen (secondary N) is 1. The summed E-state index contributed by atoms with van der Waals surface area (Å²) >= 11 is 5.21. The molecule has 0 spiro atoms. The molecule has 2 aromatic heterocycles. The molecule has 0 atom stereocenters. The number of halogens is 1. The highest BCUT2D eigenvalue weighted by Crippen LogP contribution is 2.32. The fraction of sp³-hybridized carbons (Fsp3) is 0.120. The van der Waals surface area contributed by atoms with E-state index in [9.17, 15) is 10.1 Å². The number of benzene rings is 2. The van der Waals surface area contributed by atoms with Crippen LogP contribution in [0.2, 0.25) is 0 Å². The third-order valence-electron chi connectivity index (χ3n) is 5.23. The van der Waals surface area contributed by atoms with Crippen LogP contribution >= 0.6 is 27.3 Å². The van der Waals surface area contributed by atoms with E-state index in [1.165, 1.54) is 0 Å². The molecular weight excluding hydrogens is 470 g/mol. The molecule has 2 aromatic carbocycles. The van der Waals surface area contributed by atoms with Crippen molar-refractivity contribution in [3.63, 3.8) is 0 Å². The van der Waals surface area contributed by atoms with Gasteiger partial charge in [-0.15, -0.1) is 11.3 Å². The molecule has 6 heteroatoms. The number of carbonyl (C=O) groups excluding carboxylic acids is 1. The smallest absolute Gasteiger partial charge is 0.262 e. The Kier molecular flexibility index (Phi) is 6.08. The molecule has 0 aliphatic rings. The lowest BCUT2D eigenvalue weighted by atomic mass is 10.1. The van der Waals surface area contributed by atoms with E-state index in [0.717, 1.165) is 42.8 Å². The molecule has 1 N–H and O–H groups in total. The first-order valence-corrected chi connectivity index (χ1v) is 11.5. The third kappa shape index (κ3) is 4.20. The van der Waals surface area contributed by atoms with Gasteiger partial charge in [0.1, 0.15) is 11.6 Å². The SMILES string of the molecule is Cc1cc(/C=C(\C#N)C(=O)NCc2cccs2)c(C)n1-c1ccc(Br)c2ccccc12. The second-order valence-corrected chi connectivity index (χ2v) is 9.09. The summed E-state index contributed by atoms with van der Waals surface area (Å²) in [7, 11) is 0. The lowest BCUT2D eigenvalue weighted by Crippen LogP contribution is -2.23. The van der Waals surface area contributed by atoms with E-state index in [2.05, 4.69) is 50.1 Å². The quantitative estimate of drug-likeness (QED) is 0.264. The van der Waals surface area contributed by atoms with Crippen molar-refractivity contribution in [3.8, 4) is 11.8 Å². The number of nitrogens with zero attached hydrogens (tertiary/aromatic N) is 2. The lowest BCUT2D eigenvalue weighted by molar-refractivity contribution is -0.117. The number of aryl methyl sites for hydroxylation is 1. The monoisotopic (exact) mass is 489 g/mol. The van der Waals surface area contributed by atoms with Crippen molar-refractivity contribution in [2.45, 2.75) is 20.4 Å². The lowest BCUT2D eigenvalue weighted by Gasteiger charge is -2.14. The number of hydrogen-bond donors (Lipinski definition) is 1. The molecule has 0 aliphatic heterocycles. The van der Waals surface area contributed by atoms with Gasteiger partial charge >= 0.3 is 0 Å². The summed E-state index contributed by atoms with van der Waals surface area (Å²) in [5, 5.41) is 16.6. The van der Waals surface area contributed by atoms with E-state index < -0.39 is 0 Å². The van der Waals surface area contributed by atoms with Gasteiger partial charge in [0.2, 0.25) is 0 Å². The van der Waals surface area contributed by atoms with Crippen LogP contribution in [0, 0.1) is 25.2 Å². The number of carbonyl (C=O) groups is 1. The zero-order valence-corrected chi connectivity index (χ0v) is 19.5. The van der Waals surface area contributed by atoms with Gasteiger partial charge in [0.25, 0.3) is 5.91 Å². The van der Waals surface area contributed by atoms with Crippen LogP contribution in [-0.4, -0.2) is 10.5 Å². The van der Waals surface area contributed by atoms with Crippen LogP contribution in [0.3, 0.4) is 0 Å². The van der Waals surface area contributed by atoms with E-state index in [4.69, 9.17) is 0 Å². The van der Waals surface area contributed by atoms with Gasteiger partial charge in [-0.05, 0) is 60.5 Å². The number of nitriles is 1. The number of aromatic nitrogens is 1. The predicted molar refractivity (Wildman–Crippen MR) is 130 cm³/mol. The molecule has 4 aromatic rings. The first-order valence-electron chi connectivity index (χ1n) is 9.78. The molecule has 0 aliphatic carbocycles. The number of amides is 1. The minimum Gasteiger partial charge on any atom is -0.347 e. The molecule has 0 saturated carbocycles. The Labute approximate surface area is 193 Å². The highest BCUT2D eigenvalue weighted by molar-refractivity contribution is 9.10. The van der Waals surface area contributed by atoms with Gasteiger partial charge in [0, 0.05) is 26.1 Å². The van der Waals surface area contributed by atoms with Crippen LogP contribution in [0.5, 0.6) is 0 Å². The summed E-state index contributed by atoms with van der Waals surface area (Å²) in [6.07, 6.45) is 1.67. The maximum atomic E-state index is 12.5. The summed E-state index contributed by atoms with van der Waals surface area (Å²) in [5.41, 5.74) is 4.02. The van der Waals surface area contributed by atoms with E-state index in [1.54, 1.807) is 17.4 Å². The fourth-order valence-corrected chi connectivity index (χ4v) is 4.85. The van der Waals surface area contributed by atoms with Gasteiger partial charge in [-0.25, -0.2) is 0 Å². The van der Waals surface area contributed by atoms with Crippen LogP contribution in [0.4, 0.5) is 0 Å². The van der Waals surface area contributed by atoms with Gasteiger partial charge in [-0.2, -0.15) is 5.26 Å².